The molecule has 5 rings (SSSR count). The van der Waals surface area contributed by atoms with Crippen LogP contribution in [0.25, 0.3) is 11.3 Å². The van der Waals surface area contributed by atoms with Gasteiger partial charge in [0.1, 0.15) is 0 Å². The molecular formula is C27H26BrN3O3S2. The van der Waals surface area contributed by atoms with E-state index in [9.17, 15) is 8.42 Å². The summed E-state index contributed by atoms with van der Waals surface area (Å²) in [5.74, 6) is 0. The van der Waals surface area contributed by atoms with Crippen LogP contribution in [0, 0.1) is 0 Å². The van der Waals surface area contributed by atoms with Crippen molar-refractivity contribution in [1.29, 1.82) is 0 Å². The molecule has 0 aliphatic carbocycles. The van der Waals surface area contributed by atoms with E-state index >= 15 is 0 Å². The van der Waals surface area contributed by atoms with Crippen LogP contribution in [0.1, 0.15) is 18.5 Å². The zero-order chi connectivity index (χ0) is 25.1. The van der Waals surface area contributed by atoms with Crippen molar-refractivity contribution in [3.63, 3.8) is 0 Å². The molecule has 9 heteroatoms. The molecular weight excluding hydrogens is 558 g/mol. The molecule has 1 saturated heterocycles. The van der Waals surface area contributed by atoms with E-state index in [4.69, 9.17) is 9.73 Å². The zero-order valence-corrected chi connectivity index (χ0v) is 23.0. The van der Waals surface area contributed by atoms with E-state index in [0.29, 0.717) is 32.0 Å². The monoisotopic (exact) mass is 583 g/mol. The van der Waals surface area contributed by atoms with E-state index in [-0.39, 0.29) is 10.9 Å². The molecule has 0 radical (unpaired) electrons. The molecule has 0 spiro atoms. The van der Waals surface area contributed by atoms with Crippen LogP contribution in [0.2, 0.25) is 0 Å². The van der Waals surface area contributed by atoms with Gasteiger partial charge in [0.05, 0.1) is 35.5 Å². The Labute approximate surface area is 223 Å². The van der Waals surface area contributed by atoms with E-state index in [0.717, 1.165) is 20.5 Å². The predicted molar refractivity (Wildman–Crippen MR) is 147 cm³/mol. The molecule has 3 aromatic carbocycles. The van der Waals surface area contributed by atoms with Crippen molar-refractivity contribution in [3.05, 3.63) is 99.1 Å². The summed E-state index contributed by atoms with van der Waals surface area (Å²) >= 11 is 5.26. The first-order chi connectivity index (χ1) is 17.4. The number of aromatic nitrogens is 1. The Balaban J connectivity index is 1.56. The Kier molecular flexibility index (Phi) is 7.55. The molecule has 0 amide bonds. The van der Waals surface area contributed by atoms with Gasteiger partial charge in [-0.25, -0.2) is 13.4 Å². The predicted octanol–water partition coefficient (Wildman–Crippen LogP) is 5.84. The fourth-order valence-corrected chi connectivity index (χ4v) is 7.14. The first kappa shape index (κ1) is 25.1. The molecule has 1 aliphatic heterocycles. The van der Waals surface area contributed by atoms with Gasteiger partial charge in [0, 0.05) is 28.5 Å². The van der Waals surface area contributed by atoms with Crippen LogP contribution in [-0.4, -0.2) is 43.6 Å². The van der Waals surface area contributed by atoms with Crippen molar-refractivity contribution in [2.75, 3.05) is 26.3 Å². The van der Waals surface area contributed by atoms with Crippen molar-refractivity contribution in [1.82, 2.24) is 8.87 Å². The minimum atomic E-state index is -3.54. The molecule has 0 saturated carbocycles. The molecule has 36 heavy (non-hydrogen) atoms. The van der Waals surface area contributed by atoms with Crippen LogP contribution >= 0.6 is 27.3 Å². The number of hydrogen-bond acceptors (Lipinski definition) is 5. The van der Waals surface area contributed by atoms with E-state index in [1.54, 1.807) is 35.6 Å². The average Bonchev–Trinajstić information content (AvgIpc) is 3.33. The first-order valence-electron chi connectivity index (χ1n) is 11.7. The second-order valence-electron chi connectivity index (χ2n) is 8.46. The van der Waals surface area contributed by atoms with E-state index in [1.807, 2.05) is 36.4 Å². The summed E-state index contributed by atoms with van der Waals surface area (Å²) < 4.78 is 36.0. The number of halogens is 1. The van der Waals surface area contributed by atoms with Crippen molar-refractivity contribution in [2.45, 2.75) is 17.9 Å². The SMILES string of the molecule is CC(c1ccccc1)n1c(-c2ccccc2Br)csc1=Nc1ccc(S(=O)(=O)N2CCOCC2)cc1. The number of nitrogens with zero attached hydrogens (tertiary/aromatic N) is 3. The normalized spacial score (nSPS) is 16.2. The van der Waals surface area contributed by atoms with Crippen LogP contribution in [0.3, 0.4) is 0 Å². The number of hydrogen-bond donors (Lipinski definition) is 0. The summed E-state index contributed by atoms with van der Waals surface area (Å²) in [7, 11) is -3.54. The lowest BCUT2D eigenvalue weighted by molar-refractivity contribution is 0.0730. The minimum Gasteiger partial charge on any atom is -0.379 e. The molecule has 1 aromatic heterocycles. The molecule has 6 nitrogen and oxygen atoms in total. The second-order valence-corrected chi connectivity index (χ2v) is 12.1. The maximum atomic E-state index is 13.0. The number of sulfonamides is 1. The topological polar surface area (TPSA) is 63.9 Å². The van der Waals surface area contributed by atoms with Gasteiger partial charge in [-0.3, -0.25) is 0 Å². The maximum Gasteiger partial charge on any atom is 0.243 e. The van der Waals surface area contributed by atoms with Gasteiger partial charge < -0.3 is 9.30 Å². The first-order valence-corrected chi connectivity index (χ1v) is 14.8. The van der Waals surface area contributed by atoms with Crippen LogP contribution in [-0.2, 0) is 14.8 Å². The van der Waals surface area contributed by atoms with Gasteiger partial charge in [-0.2, -0.15) is 4.31 Å². The fourth-order valence-electron chi connectivity index (χ4n) is 4.26. The summed E-state index contributed by atoms with van der Waals surface area (Å²) in [5.41, 5.74) is 4.03. The van der Waals surface area contributed by atoms with Crippen molar-refractivity contribution in [2.24, 2.45) is 4.99 Å². The quantitative estimate of drug-likeness (QED) is 0.286. The Morgan fingerprint density at radius 2 is 1.61 bits per heavy atom. The molecule has 1 aliphatic rings. The lowest BCUT2D eigenvalue weighted by Crippen LogP contribution is -2.40. The third kappa shape index (κ3) is 5.12. The summed E-state index contributed by atoms with van der Waals surface area (Å²) in [4.78, 5) is 6.04. The molecule has 1 atom stereocenters. The van der Waals surface area contributed by atoms with Gasteiger partial charge in [0.15, 0.2) is 4.80 Å². The molecule has 2 heterocycles. The van der Waals surface area contributed by atoms with Crippen LogP contribution in [0.4, 0.5) is 5.69 Å². The highest BCUT2D eigenvalue weighted by atomic mass is 79.9. The smallest absolute Gasteiger partial charge is 0.243 e. The van der Waals surface area contributed by atoms with Gasteiger partial charge in [-0.05, 0) is 42.8 Å². The van der Waals surface area contributed by atoms with E-state index in [1.165, 1.54) is 9.87 Å². The minimum absolute atomic E-state index is 0.0410. The molecule has 0 bridgehead atoms. The number of rotatable bonds is 6. The Morgan fingerprint density at radius 1 is 0.944 bits per heavy atom. The standard InChI is InChI=1S/C27H26BrN3O3S2/c1-20(21-7-3-2-4-8-21)31-26(24-9-5-6-10-25(24)28)19-35-27(31)29-22-11-13-23(14-12-22)36(32,33)30-15-17-34-18-16-30/h2-14,19-20H,15-18H2,1H3. The van der Waals surface area contributed by atoms with Crippen LogP contribution in [0.5, 0.6) is 0 Å². The number of benzene rings is 3. The van der Waals surface area contributed by atoms with E-state index < -0.39 is 10.0 Å². The largest absolute Gasteiger partial charge is 0.379 e. The van der Waals surface area contributed by atoms with Crippen LogP contribution < -0.4 is 4.80 Å². The Morgan fingerprint density at radius 3 is 2.31 bits per heavy atom. The average molecular weight is 585 g/mol. The summed E-state index contributed by atoms with van der Waals surface area (Å²) in [6, 6.07) is 25.3. The molecule has 1 fully saturated rings. The third-order valence-corrected chi connectivity index (χ3v) is 9.67. The Hall–Kier alpha value is -2.56. The maximum absolute atomic E-state index is 13.0. The van der Waals surface area contributed by atoms with Crippen molar-refractivity contribution in [3.8, 4) is 11.3 Å². The highest BCUT2D eigenvalue weighted by molar-refractivity contribution is 9.10. The van der Waals surface area contributed by atoms with E-state index in [2.05, 4.69) is 51.0 Å². The number of morpholine rings is 1. The lowest BCUT2D eigenvalue weighted by Gasteiger charge is -2.26. The van der Waals surface area contributed by atoms with Gasteiger partial charge in [0.25, 0.3) is 0 Å². The van der Waals surface area contributed by atoms with Crippen molar-refractivity contribution >= 4 is 43.0 Å². The molecule has 186 valence electrons. The molecule has 1 unspecified atom stereocenters. The van der Waals surface area contributed by atoms with Crippen molar-refractivity contribution < 1.29 is 13.2 Å². The van der Waals surface area contributed by atoms with Gasteiger partial charge >= 0.3 is 0 Å². The van der Waals surface area contributed by atoms with Crippen LogP contribution in [0.15, 0.2) is 98.6 Å². The number of ether oxygens (including phenoxy) is 1. The van der Waals surface area contributed by atoms with Gasteiger partial charge in [-0.1, -0.05) is 64.5 Å². The zero-order valence-electron chi connectivity index (χ0n) is 19.7. The van der Waals surface area contributed by atoms with Gasteiger partial charge in [0.2, 0.25) is 10.0 Å². The number of thiazole rings is 1. The highest BCUT2D eigenvalue weighted by Gasteiger charge is 2.26. The highest BCUT2D eigenvalue weighted by Crippen LogP contribution is 2.32. The fraction of sp³-hybridized carbons (Fsp3) is 0.222. The Bertz CT molecular complexity index is 1510. The molecule has 4 aromatic rings. The second kappa shape index (κ2) is 10.8. The summed E-state index contributed by atoms with van der Waals surface area (Å²) in [6.45, 7) is 3.76. The summed E-state index contributed by atoms with van der Waals surface area (Å²) in [5, 5.41) is 2.12. The summed E-state index contributed by atoms with van der Waals surface area (Å²) in [6.07, 6.45) is 0. The van der Waals surface area contributed by atoms with Gasteiger partial charge in [-0.15, -0.1) is 11.3 Å². The molecule has 0 N–H and O–H groups in total. The lowest BCUT2D eigenvalue weighted by atomic mass is 10.1. The third-order valence-electron chi connectivity index (χ3n) is 6.23.